The summed E-state index contributed by atoms with van der Waals surface area (Å²) >= 11 is 0. The Bertz CT molecular complexity index is 2820. The fourth-order valence-electron chi connectivity index (χ4n) is 7.58. The molecule has 0 amide bonds. The molecule has 6 nitrogen and oxygen atoms in total. The van der Waals surface area contributed by atoms with Crippen LogP contribution in [0.5, 0.6) is 0 Å². The number of aliphatic imine (C=N–C) groups is 1. The lowest BCUT2D eigenvalue weighted by Gasteiger charge is -2.28. The van der Waals surface area contributed by atoms with Gasteiger partial charge in [-0.15, -0.1) is 0 Å². The van der Waals surface area contributed by atoms with Gasteiger partial charge in [0.25, 0.3) is 0 Å². The van der Waals surface area contributed by atoms with E-state index in [1.807, 2.05) is 54.7 Å². The van der Waals surface area contributed by atoms with Gasteiger partial charge in [-0.3, -0.25) is 15.0 Å². The number of pyridine rings is 4. The monoisotopic (exact) mass is 744 g/mol. The van der Waals surface area contributed by atoms with Crippen molar-refractivity contribution >= 4 is 11.5 Å². The summed E-state index contributed by atoms with van der Waals surface area (Å²) in [5, 5.41) is 3.86. The standard InChI is InChI=1S/C52H36N6/c1-3-13-35(14-4-1)39-24-25-46-44(32-39)51(38-15-5-2-6-16-38)58-52(57-46)43-30-40(29-42(31-43)45-17-7-10-26-53-45)36-20-22-37(23-21-36)41-33-49(47-18-8-11-27-54-47)56-50(34-41)48-19-9-12-28-55-48/h1-34,51H,(H,57,58). The Morgan fingerprint density at radius 3 is 1.45 bits per heavy atom. The van der Waals surface area contributed by atoms with Gasteiger partial charge >= 0.3 is 0 Å². The van der Waals surface area contributed by atoms with Crippen LogP contribution in [0.2, 0.25) is 0 Å². The molecular weight excluding hydrogens is 709 g/mol. The third-order valence-electron chi connectivity index (χ3n) is 10.5. The van der Waals surface area contributed by atoms with Crippen molar-refractivity contribution in [1.29, 1.82) is 0 Å². The Labute approximate surface area is 337 Å². The highest BCUT2D eigenvalue weighted by Gasteiger charge is 2.26. The third kappa shape index (κ3) is 7.06. The molecule has 0 bridgehead atoms. The smallest absolute Gasteiger partial charge is 0.134 e. The topological polar surface area (TPSA) is 76.0 Å². The van der Waals surface area contributed by atoms with Crippen LogP contribution in [-0.4, -0.2) is 25.8 Å². The fourth-order valence-corrected chi connectivity index (χ4v) is 7.58. The van der Waals surface area contributed by atoms with Crippen LogP contribution >= 0.6 is 0 Å². The molecule has 1 aliphatic heterocycles. The number of nitrogens with zero attached hydrogens (tertiary/aromatic N) is 5. The molecule has 5 aromatic carbocycles. The van der Waals surface area contributed by atoms with Gasteiger partial charge in [0, 0.05) is 35.3 Å². The minimum Gasteiger partial charge on any atom is -0.359 e. The van der Waals surface area contributed by atoms with Crippen molar-refractivity contribution in [3.8, 4) is 67.4 Å². The van der Waals surface area contributed by atoms with Crippen molar-refractivity contribution in [2.45, 2.75) is 6.04 Å². The molecule has 1 unspecified atom stereocenters. The summed E-state index contributed by atoms with van der Waals surface area (Å²) in [6.45, 7) is 0. The van der Waals surface area contributed by atoms with Crippen molar-refractivity contribution < 1.29 is 0 Å². The zero-order valence-electron chi connectivity index (χ0n) is 31.4. The van der Waals surface area contributed by atoms with Gasteiger partial charge in [-0.05, 0) is 118 Å². The molecule has 4 aromatic heterocycles. The molecule has 0 fully saturated rings. The summed E-state index contributed by atoms with van der Waals surface area (Å²) in [7, 11) is 0. The van der Waals surface area contributed by atoms with Gasteiger partial charge in [0.05, 0.1) is 40.2 Å². The Morgan fingerprint density at radius 2 is 0.845 bits per heavy atom. The Balaban J connectivity index is 1.06. The molecule has 0 radical (unpaired) electrons. The molecule has 9 aromatic rings. The maximum atomic E-state index is 5.28. The fraction of sp³-hybridized carbons (Fsp3) is 0.0192. The highest BCUT2D eigenvalue weighted by Crippen LogP contribution is 2.39. The van der Waals surface area contributed by atoms with Gasteiger partial charge in [-0.1, -0.05) is 109 Å². The second-order valence-corrected chi connectivity index (χ2v) is 14.2. The Hall–Kier alpha value is -7.83. The largest absolute Gasteiger partial charge is 0.359 e. The van der Waals surface area contributed by atoms with Crippen LogP contribution < -0.4 is 5.32 Å². The summed E-state index contributed by atoms with van der Waals surface area (Å²) in [6, 6.07) is 64.9. The molecule has 0 aliphatic carbocycles. The second-order valence-electron chi connectivity index (χ2n) is 14.2. The van der Waals surface area contributed by atoms with Crippen molar-refractivity contribution in [3.05, 3.63) is 223 Å². The zero-order chi connectivity index (χ0) is 38.7. The highest BCUT2D eigenvalue weighted by molar-refractivity contribution is 6.04. The SMILES string of the molecule is c1ccc(-c2ccc3c(c2)C(c2ccccc2)NC(c2cc(-c4ccc(-c5cc(-c6ccccn6)nc(-c6ccccn6)c5)cc4)cc(-c4ccccn4)c2)=N3)cc1. The summed E-state index contributed by atoms with van der Waals surface area (Å²) < 4.78 is 0. The average Bonchev–Trinajstić information content (AvgIpc) is 3.32. The van der Waals surface area contributed by atoms with Gasteiger partial charge in [0.1, 0.15) is 5.84 Å². The van der Waals surface area contributed by atoms with E-state index < -0.39 is 0 Å². The number of amidine groups is 1. The minimum atomic E-state index is -0.0964. The number of hydrogen-bond acceptors (Lipinski definition) is 6. The van der Waals surface area contributed by atoms with E-state index in [1.54, 1.807) is 12.4 Å². The van der Waals surface area contributed by atoms with Crippen LogP contribution in [0.25, 0.3) is 67.4 Å². The normalized spacial score (nSPS) is 13.2. The van der Waals surface area contributed by atoms with Crippen LogP contribution in [0, 0.1) is 0 Å². The molecule has 58 heavy (non-hydrogen) atoms. The average molecular weight is 745 g/mol. The number of nitrogens with one attached hydrogen (secondary N) is 1. The molecule has 6 heteroatoms. The van der Waals surface area contributed by atoms with E-state index in [0.717, 1.165) is 84.5 Å². The lowest BCUT2D eigenvalue weighted by Crippen LogP contribution is -2.32. The van der Waals surface area contributed by atoms with E-state index in [1.165, 1.54) is 11.1 Å². The highest BCUT2D eigenvalue weighted by atomic mass is 15.1. The molecule has 1 aliphatic rings. The number of aromatic nitrogens is 4. The molecule has 0 saturated carbocycles. The van der Waals surface area contributed by atoms with E-state index in [0.29, 0.717) is 0 Å². The first-order valence-corrected chi connectivity index (χ1v) is 19.3. The summed E-state index contributed by atoms with van der Waals surface area (Å²) in [6.07, 6.45) is 5.43. The lowest BCUT2D eigenvalue weighted by molar-refractivity contribution is 0.750. The molecule has 274 valence electrons. The van der Waals surface area contributed by atoms with E-state index in [9.17, 15) is 0 Å². The lowest BCUT2D eigenvalue weighted by atomic mass is 9.91. The second kappa shape index (κ2) is 15.4. The maximum Gasteiger partial charge on any atom is 0.134 e. The molecule has 0 spiro atoms. The minimum absolute atomic E-state index is 0.0964. The first kappa shape index (κ1) is 34.6. The van der Waals surface area contributed by atoms with Gasteiger partial charge in [0.2, 0.25) is 0 Å². The van der Waals surface area contributed by atoms with E-state index in [2.05, 4.69) is 155 Å². The molecule has 1 atom stereocenters. The summed E-state index contributed by atoms with van der Waals surface area (Å²) in [4.78, 5) is 24.2. The van der Waals surface area contributed by atoms with E-state index in [4.69, 9.17) is 15.0 Å². The first-order chi connectivity index (χ1) is 28.7. The number of fused-ring (bicyclic) bond motifs is 1. The number of hydrogen-bond donors (Lipinski definition) is 1. The first-order valence-electron chi connectivity index (χ1n) is 19.3. The molecular formula is C52H36N6. The third-order valence-corrected chi connectivity index (χ3v) is 10.5. The molecule has 5 heterocycles. The molecule has 1 N–H and O–H groups in total. The maximum absolute atomic E-state index is 5.28. The van der Waals surface area contributed by atoms with Crippen molar-refractivity contribution in [2.75, 3.05) is 0 Å². The molecule has 0 saturated heterocycles. The predicted molar refractivity (Wildman–Crippen MR) is 234 cm³/mol. The van der Waals surface area contributed by atoms with Gasteiger partial charge in [-0.25, -0.2) is 9.98 Å². The summed E-state index contributed by atoms with van der Waals surface area (Å²) in [5.74, 6) is 0.811. The van der Waals surface area contributed by atoms with Gasteiger partial charge < -0.3 is 5.32 Å². The van der Waals surface area contributed by atoms with Crippen molar-refractivity contribution in [2.24, 2.45) is 4.99 Å². The molecule has 10 rings (SSSR count). The Morgan fingerprint density at radius 1 is 0.345 bits per heavy atom. The summed E-state index contributed by atoms with van der Waals surface area (Å²) in [5.41, 5.74) is 15.9. The quantitative estimate of drug-likeness (QED) is 0.168. The van der Waals surface area contributed by atoms with Crippen LogP contribution in [0.15, 0.2) is 212 Å². The van der Waals surface area contributed by atoms with Gasteiger partial charge in [-0.2, -0.15) is 0 Å². The van der Waals surface area contributed by atoms with Crippen LogP contribution in [0.4, 0.5) is 5.69 Å². The van der Waals surface area contributed by atoms with E-state index in [-0.39, 0.29) is 6.04 Å². The van der Waals surface area contributed by atoms with Gasteiger partial charge in [0.15, 0.2) is 0 Å². The van der Waals surface area contributed by atoms with Crippen LogP contribution in [-0.2, 0) is 0 Å². The van der Waals surface area contributed by atoms with Crippen LogP contribution in [0.1, 0.15) is 22.7 Å². The zero-order valence-corrected chi connectivity index (χ0v) is 31.4. The predicted octanol–water partition coefficient (Wildman–Crippen LogP) is 12.0. The Kier molecular flexibility index (Phi) is 9.18. The number of benzene rings is 5. The number of rotatable bonds is 8. The van der Waals surface area contributed by atoms with Crippen molar-refractivity contribution in [3.63, 3.8) is 0 Å². The van der Waals surface area contributed by atoms with Crippen molar-refractivity contribution in [1.82, 2.24) is 25.3 Å². The van der Waals surface area contributed by atoms with E-state index >= 15 is 0 Å². The van der Waals surface area contributed by atoms with Crippen LogP contribution in [0.3, 0.4) is 0 Å².